The lowest BCUT2D eigenvalue weighted by Crippen LogP contribution is -2.49. The maximum Gasteiger partial charge on any atom is 0.257 e. The number of hydrogen-bond donors (Lipinski definition) is 2. The fourth-order valence-electron chi connectivity index (χ4n) is 3.51. The summed E-state index contributed by atoms with van der Waals surface area (Å²) >= 11 is 0. The highest BCUT2D eigenvalue weighted by atomic mass is 16.3. The molecule has 3 aromatic heterocycles. The lowest BCUT2D eigenvalue weighted by Gasteiger charge is -2.34. The van der Waals surface area contributed by atoms with Crippen molar-refractivity contribution in [1.29, 1.82) is 0 Å². The van der Waals surface area contributed by atoms with Crippen molar-refractivity contribution in [1.82, 2.24) is 25.1 Å². The molecule has 1 aromatic carbocycles. The van der Waals surface area contributed by atoms with Gasteiger partial charge in [0.05, 0.1) is 23.4 Å². The molecule has 1 aliphatic heterocycles. The van der Waals surface area contributed by atoms with E-state index in [0.717, 1.165) is 11.1 Å². The number of piperazine rings is 1. The number of benzene rings is 1. The number of furan rings is 1. The molecule has 1 saturated heterocycles. The van der Waals surface area contributed by atoms with Gasteiger partial charge in [0.15, 0.2) is 5.65 Å². The number of carbonyl (C=O) groups is 1. The van der Waals surface area contributed by atoms with Crippen molar-refractivity contribution in [3.05, 3.63) is 60.2 Å². The fraction of sp³-hybridized carbons (Fsp3) is 0.238. The number of aromatic amines is 1. The molecule has 30 heavy (non-hydrogen) atoms. The van der Waals surface area contributed by atoms with Crippen LogP contribution < -0.4 is 10.2 Å². The lowest BCUT2D eigenvalue weighted by atomic mass is 10.2. The number of aryl methyl sites for hydroxylation is 1. The van der Waals surface area contributed by atoms with Gasteiger partial charge in [0, 0.05) is 31.9 Å². The highest BCUT2D eigenvalue weighted by molar-refractivity contribution is 5.94. The van der Waals surface area contributed by atoms with E-state index in [9.17, 15) is 4.79 Å². The molecule has 1 fully saturated rings. The molecule has 152 valence electrons. The van der Waals surface area contributed by atoms with Gasteiger partial charge in [-0.3, -0.25) is 9.89 Å². The Morgan fingerprint density at radius 1 is 1.10 bits per heavy atom. The summed E-state index contributed by atoms with van der Waals surface area (Å²) in [6.07, 6.45) is 4.71. The number of amides is 1. The largest absolute Gasteiger partial charge is 0.472 e. The van der Waals surface area contributed by atoms with Crippen LogP contribution in [-0.4, -0.2) is 57.2 Å². The Hall–Kier alpha value is -3.88. The predicted molar refractivity (Wildman–Crippen MR) is 113 cm³/mol. The van der Waals surface area contributed by atoms with Gasteiger partial charge in [-0.1, -0.05) is 17.7 Å². The van der Waals surface area contributed by atoms with Crippen molar-refractivity contribution in [3.63, 3.8) is 0 Å². The van der Waals surface area contributed by atoms with E-state index in [-0.39, 0.29) is 5.91 Å². The van der Waals surface area contributed by atoms with Gasteiger partial charge in [0.1, 0.15) is 12.1 Å². The number of carbonyl (C=O) groups excluding carboxylic acids is 1. The van der Waals surface area contributed by atoms with Crippen molar-refractivity contribution >= 4 is 34.4 Å². The summed E-state index contributed by atoms with van der Waals surface area (Å²) in [5.74, 6) is 1.29. The summed E-state index contributed by atoms with van der Waals surface area (Å²) in [5.41, 5.74) is 3.39. The molecule has 4 heterocycles. The summed E-state index contributed by atoms with van der Waals surface area (Å²) < 4.78 is 5.02. The molecule has 9 heteroatoms. The van der Waals surface area contributed by atoms with E-state index in [2.05, 4.69) is 32.3 Å². The average Bonchev–Trinajstić information content (AvgIpc) is 3.47. The third-order valence-electron chi connectivity index (χ3n) is 5.23. The minimum Gasteiger partial charge on any atom is -0.472 e. The Morgan fingerprint density at radius 3 is 2.63 bits per heavy atom. The van der Waals surface area contributed by atoms with Crippen LogP contribution in [0.25, 0.3) is 11.0 Å². The molecular formula is C21H21N7O2. The first-order valence-corrected chi connectivity index (χ1v) is 9.78. The summed E-state index contributed by atoms with van der Waals surface area (Å²) in [6.45, 7) is 4.53. The number of H-pyrrole nitrogens is 1. The average molecular weight is 403 g/mol. The lowest BCUT2D eigenvalue weighted by molar-refractivity contribution is 0.0745. The first-order valence-electron chi connectivity index (χ1n) is 9.78. The van der Waals surface area contributed by atoms with Gasteiger partial charge in [-0.2, -0.15) is 15.1 Å². The van der Waals surface area contributed by atoms with Crippen LogP contribution in [0.5, 0.6) is 0 Å². The third-order valence-corrected chi connectivity index (χ3v) is 5.23. The van der Waals surface area contributed by atoms with Crippen molar-refractivity contribution in [2.75, 3.05) is 36.4 Å². The number of nitrogens with zero attached hydrogens (tertiary/aromatic N) is 5. The van der Waals surface area contributed by atoms with Gasteiger partial charge in [-0.05, 0) is 25.1 Å². The molecule has 0 unspecified atom stereocenters. The second-order valence-corrected chi connectivity index (χ2v) is 7.29. The molecule has 1 aliphatic rings. The van der Waals surface area contributed by atoms with E-state index in [1.807, 2.05) is 29.2 Å². The van der Waals surface area contributed by atoms with Crippen molar-refractivity contribution in [3.8, 4) is 0 Å². The Balaban J connectivity index is 1.36. The van der Waals surface area contributed by atoms with Crippen molar-refractivity contribution in [2.24, 2.45) is 0 Å². The second kappa shape index (κ2) is 7.51. The Morgan fingerprint density at radius 2 is 1.90 bits per heavy atom. The number of rotatable bonds is 4. The Kier molecular flexibility index (Phi) is 4.55. The molecule has 0 saturated carbocycles. The standard InChI is InChI=1S/C21H21N7O2/c1-14-2-4-16(5-3-14)23-18-17-12-22-26-19(17)25-21(24-18)28-9-7-27(8-10-28)20(29)15-6-11-30-13-15/h2-6,11-13H,7-10H2,1H3,(H2,22,23,24,25,26). The highest BCUT2D eigenvalue weighted by Crippen LogP contribution is 2.26. The molecule has 0 aliphatic carbocycles. The van der Waals surface area contributed by atoms with E-state index < -0.39 is 0 Å². The van der Waals surface area contributed by atoms with Gasteiger partial charge in [0.25, 0.3) is 5.91 Å². The second-order valence-electron chi connectivity index (χ2n) is 7.29. The molecule has 5 rings (SSSR count). The number of nitrogens with one attached hydrogen (secondary N) is 2. The van der Waals surface area contributed by atoms with Gasteiger partial charge in [0.2, 0.25) is 5.95 Å². The van der Waals surface area contributed by atoms with E-state index in [1.165, 1.54) is 18.1 Å². The van der Waals surface area contributed by atoms with Crippen LogP contribution >= 0.6 is 0 Å². The fourth-order valence-corrected chi connectivity index (χ4v) is 3.51. The smallest absolute Gasteiger partial charge is 0.257 e. The first-order chi connectivity index (χ1) is 14.7. The highest BCUT2D eigenvalue weighted by Gasteiger charge is 2.25. The molecule has 0 atom stereocenters. The van der Waals surface area contributed by atoms with E-state index >= 15 is 0 Å². The number of aromatic nitrogens is 4. The van der Waals surface area contributed by atoms with Crippen LogP contribution in [0.3, 0.4) is 0 Å². The number of hydrogen-bond acceptors (Lipinski definition) is 7. The van der Waals surface area contributed by atoms with Crippen LogP contribution in [0.1, 0.15) is 15.9 Å². The molecule has 4 aromatic rings. The maximum absolute atomic E-state index is 12.5. The van der Waals surface area contributed by atoms with E-state index in [0.29, 0.717) is 49.2 Å². The van der Waals surface area contributed by atoms with E-state index in [4.69, 9.17) is 9.40 Å². The Labute approximate surface area is 172 Å². The quantitative estimate of drug-likeness (QED) is 0.540. The summed E-state index contributed by atoms with van der Waals surface area (Å²) in [4.78, 5) is 25.8. The maximum atomic E-state index is 12.5. The van der Waals surface area contributed by atoms with Crippen LogP contribution in [0.4, 0.5) is 17.5 Å². The normalized spacial score (nSPS) is 14.3. The summed E-state index contributed by atoms with van der Waals surface area (Å²) in [5, 5.41) is 11.3. The molecule has 0 bridgehead atoms. The number of anilines is 3. The molecule has 1 amide bonds. The monoisotopic (exact) mass is 403 g/mol. The SMILES string of the molecule is Cc1ccc(Nc2nc(N3CCN(C(=O)c4ccoc4)CC3)nc3[nH]ncc23)cc1. The summed E-state index contributed by atoms with van der Waals surface area (Å²) in [7, 11) is 0. The van der Waals surface area contributed by atoms with Crippen LogP contribution in [0, 0.1) is 6.92 Å². The van der Waals surface area contributed by atoms with Gasteiger partial charge in [-0.25, -0.2) is 0 Å². The topological polar surface area (TPSA) is 103 Å². The Bertz CT molecular complexity index is 1160. The van der Waals surface area contributed by atoms with Crippen molar-refractivity contribution in [2.45, 2.75) is 6.92 Å². The van der Waals surface area contributed by atoms with Crippen molar-refractivity contribution < 1.29 is 9.21 Å². The zero-order valence-electron chi connectivity index (χ0n) is 16.5. The molecule has 2 N–H and O–H groups in total. The van der Waals surface area contributed by atoms with Crippen LogP contribution in [0.2, 0.25) is 0 Å². The van der Waals surface area contributed by atoms with Gasteiger partial charge < -0.3 is 19.5 Å². The summed E-state index contributed by atoms with van der Waals surface area (Å²) in [6, 6.07) is 9.82. The minimum absolute atomic E-state index is 0.0185. The number of fused-ring (bicyclic) bond motifs is 1. The van der Waals surface area contributed by atoms with E-state index in [1.54, 1.807) is 12.3 Å². The molecular weight excluding hydrogens is 382 g/mol. The first kappa shape index (κ1) is 18.2. The zero-order valence-corrected chi connectivity index (χ0v) is 16.5. The van der Waals surface area contributed by atoms with Crippen LogP contribution in [-0.2, 0) is 0 Å². The predicted octanol–water partition coefficient (Wildman–Crippen LogP) is 2.96. The molecule has 0 spiro atoms. The zero-order chi connectivity index (χ0) is 20.5. The minimum atomic E-state index is -0.0185. The van der Waals surface area contributed by atoms with Gasteiger partial charge in [-0.15, -0.1) is 0 Å². The van der Waals surface area contributed by atoms with Gasteiger partial charge >= 0.3 is 0 Å². The third kappa shape index (κ3) is 3.45. The van der Waals surface area contributed by atoms with Crippen LogP contribution in [0.15, 0.2) is 53.5 Å². The molecule has 9 nitrogen and oxygen atoms in total. The molecule has 0 radical (unpaired) electrons.